The highest BCUT2D eigenvalue weighted by molar-refractivity contribution is 7.47. The Bertz CT molecular complexity index is 2940. The molecule has 0 amide bonds. The first-order chi connectivity index (χ1) is 54.7. The van der Waals surface area contributed by atoms with Crippen molar-refractivity contribution in [3.8, 4) is 0 Å². The molecule has 0 aliphatic rings. The van der Waals surface area contributed by atoms with Crippen molar-refractivity contribution in [2.75, 3.05) is 39.6 Å². The second-order valence-corrected chi connectivity index (χ2v) is 30.1. The molecule has 17 nitrogen and oxygen atoms in total. The molecule has 0 aliphatic heterocycles. The molecule has 0 saturated carbocycles. The van der Waals surface area contributed by atoms with Crippen LogP contribution in [0.25, 0.3) is 0 Å². The molecular weight excluding hydrogens is 1450 g/mol. The van der Waals surface area contributed by atoms with Gasteiger partial charge in [-0.3, -0.25) is 37.3 Å². The van der Waals surface area contributed by atoms with Crippen molar-refractivity contribution in [3.63, 3.8) is 0 Å². The van der Waals surface area contributed by atoms with Crippen molar-refractivity contribution in [3.05, 3.63) is 207 Å². The second kappa shape index (κ2) is 82.6. The van der Waals surface area contributed by atoms with Gasteiger partial charge in [-0.1, -0.05) is 292 Å². The van der Waals surface area contributed by atoms with E-state index in [9.17, 15) is 43.2 Å². The molecule has 0 bridgehead atoms. The molecule has 19 heteroatoms. The number of aliphatic hydroxyl groups excluding tert-OH is 1. The topological polar surface area (TPSA) is 237 Å². The van der Waals surface area contributed by atoms with E-state index in [1.165, 1.54) is 0 Å². The van der Waals surface area contributed by atoms with Crippen LogP contribution in [0.15, 0.2) is 207 Å². The third-order valence-corrected chi connectivity index (χ3v) is 18.6. The summed E-state index contributed by atoms with van der Waals surface area (Å²) in [6.45, 7) is 4.30. The van der Waals surface area contributed by atoms with Crippen LogP contribution in [0.5, 0.6) is 0 Å². The normalized spacial score (nSPS) is 14.8. The average Bonchev–Trinajstić information content (AvgIpc) is 0.898. The van der Waals surface area contributed by atoms with Gasteiger partial charge in [0, 0.05) is 25.7 Å². The largest absolute Gasteiger partial charge is 0.472 e. The number of hydrogen-bond donors (Lipinski definition) is 3. The lowest BCUT2D eigenvalue weighted by Crippen LogP contribution is -2.30. The Labute approximate surface area is 678 Å². The Balaban J connectivity index is 5.50. The summed E-state index contributed by atoms with van der Waals surface area (Å²) in [6.07, 6.45) is 104. The minimum atomic E-state index is -5.01. The van der Waals surface area contributed by atoms with Crippen LogP contribution in [-0.2, 0) is 65.4 Å². The molecule has 0 aliphatic carbocycles. The minimum Gasteiger partial charge on any atom is -0.462 e. The van der Waals surface area contributed by atoms with Crippen LogP contribution in [0.1, 0.15) is 297 Å². The number of ether oxygens (including phenoxy) is 4. The predicted octanol–water partition coefficient (Wildman–Crippen LogP) is 25.4. The lowest BCUT2D eigenvalue weighted by atomic mass is 10.1. The number of unbranched alkanes of at least 4 members (excludes halogenated alkanes) is 17. The Morgan fingerprint density at radius 3 is 0.679 bits per heavy atom. The molecule has 5 unspecified atom stereocenters. The number of carbonyl (C=O) groups excluding carboxylic acids is 4. The standard InChI is InChI=1S/C93H148O17P2/c1-5-9-13-17-21-25-29-33-37-40-43-46-50-53-57-61-65-69-73-77-90(95)103-83-88(109-92(97)79-75-71-67-63-59-55-49-36-32-28-24-20-16-12-8-4)85-107-111(99,100)105-81-87(94)82-106-112(101,102)108-86-89(110-93(98)80-76-72-68-64-60-56-52-48-45-42-39-35-31-27-23-19-15-11-7-3)84-104-91(96)78-74-70-66-62-58-54-51-47-44-41-38-34-30-26-22-18-14-10-6-2/h9-16,21-28,33-39,43-49,53-54,57-58,87-89,94H,5-8,17-20,29-32,40-42,50-52,55-56,59-86H2,1-4H3,(H,99,100)(H,101,102)/b13-9-,14-10-,15-11-,16-12-,25-21-,26-22-,27-23-,28-24-,37-33-,38-34-,39-35-,46-43-,47-44-,48-45-,49-36-,57-53-,58-54-. The summed E-state index contributed by atoms with van der Waals surface area (Å²) in [6, 6.07) is 0. The fourth-order valence-corrected chi connectivity index (χ4v) is 12.0. The van der Waals surface area contributed by atoms with E-state index in [0.29, 0.717) is 25.7 Å². The fraction of sp³-hybridized carbons (Fsp3) is 0.591. The SMILES string of the molecule is CC/C=C\C/C=C\C/C=C\C/C=C\C/C=C\CCCCCC(=O)OCC(COP(=O)(O)OCC(O)COP(=O)(O)OCC(COC(=O)CCCCC/C=C\C/C=C\C/C=C\C/C=C\C/C=C\CC)OC(=O)CCCCCCCC/C=C\C/C=C\C/C=C\C/C=C\CC)OC(=O)CCCCCCC/C=C\C/C=C\C/C=C\CC. The molecule has 0 aromatic rings. The summed E-state index contributed by atoms with van der Waals surface area (Å²) >= 11 is 0. The van der Waals surface area contributed by atoms with Gasteiger partial charge in [-0.2, -0.15) is 0 Å². The quantitative estimate of drug-likeness (QED) is 0.0169. The number of hydrogen-bond acceptors (Lipinski definition) is 15. The summed E-state index contributed by atoms with van der Waals surface area (Å²) in [5.41, 5.74) is 0. The predicted molar refractivity (Wildman–Crippen MR) is 463 cm³/mol. The molecule has 5 atom stereocenters. The van der Waals surface area contributed by atoms with Gasteiger partial charge < -0.3 is 33.8 Å². The zero-order valence-corrected chi connectivity index (χ0v) is 71.0. The highest BCUT2D eigenvalue weighted by Gasteiger charge is 2.30. The maximum Gasteiger partial charge on any atom is 0.472 e. The van der Waals surface area contributed by atoms with Gasteiger partial charge in [0.25, 0.3) is 0 Å². The number of allylic oxidation sites excluding steroid dienone is 34. The van der Waals surface area contributed by atoms with Crippen LogP contribution in [0.3, 0.4) is 0 Å². The van der Waals surface area contributed by atoms with Crippen LogP contribution in [0, 0.1) is 0 Å². The lowest BCUT2D eigenvalue weighted by molar-refractivity contribution is -0.161. The van der Waals surface area contributed by atoms with E-state index < -0.39 is 97.5 Å². The summed E-state index contributed by atoms with van der Waals surface area (Å²) in [5, 5.41) is 10.7. The molecular formula is C93H148O17P2. The van der Waals surface area contributed by atoms with E-state index in [4.69, 9.17) is 37.0 Å². The molecule has 3 N–H and O–H groups in total. The van der Waals surface area contributed by atoms with Crippen LogP contribution in [0.2, 0.25) is 0 Å². The molecule has 0 heterocycles. The minimum absolute atomic E-state index is 0.0586. The van der Waals surface area contributed by atoms with Crippen molar-refractivity contribution < 1.29 is 80.2 Å². The number of carbonyl (C=O) groups is 4. The Hall–Kier alpha value is -6.36. The van der Waals surface area contributed by atoms with Crippen LogP contribution in [-0.4, -0.2) is 96.7 Å². The van der Waals surface area contributed by atoms with Crippen LogP contribution in [0.4, 0.5) is 0 Å². The Morgan fingerprint density at radius 1 is 0.250 bits per heavy atom. The maximum atomic E-state index is 13.2. The molecule has 0 saturated heterocycles. The van der Waals surface area contributed by atoms with E-state index in [2.05, 4.69) is 234 Å². The van der Waals surface area contributed by atoms with Crippen molar-refractivity contribution in [1.82, 2.24) is 0 Å². The second-order valence-electron chi connectivity index (χ2n) is 27.2. The van der Waals surface area contributed by atoms with Gasteiger partial charge >= 0.3 is 39.5 Å². The maximum absolute atomic E-state index is 13.2. The van der Waals surface area contributed by atoms with E-state index in [0.717, 1.165) is 218 Å². The molecule has 0 rings (SSSR count). The first kappa shape index (κ1) is 106. The van der Waals surface area contributed by atoms with E-state index in [1.807, 2.05) is 0 Å². The van der Waals surface area contributed by atoms with Gasteiger partial charge in [0.2, 0.25) is 0 Å². The van der Waals surface area contributed by atoms with Gasteiger partial charge in [0.15, 0.2) is 12.2 Å². The summed E-state index contributed by atoms with van der Waals surface area (Å²) in [4.78, 5) is 73.3. The third-order valence-electron chi connectivity index (χ3n) is 16.7. The molecule has 0 radical (unpaired) electrons. The van der Waals surface area contributed by atoms with Crippen LogP contribution >= 0.6 is 15.6 Å². The van der Waals surface area contributed by atoms with Gasteiger partial charge in [-0.15, -0.1) is 0 Å². The van der Waals surface area contributed by atoms with Gasteiger partial charge in [-0.05, 0) is 186 Å². The van der Waals surface area contributed by atoms with E-state index in [1.54, 1.807) is 0 Å². The van der Waals surface area contributed by atoms with Crippen molar-refractivity contribution >= 4 is 39.5 Å². The molecule has 0 spiro atoms. The van der Waals surface area contributed by atoms with Gasteiger partial charge in [-0.25, -0.2) is 9.13 Å². The van der Waals surface area contributed by atoms with Crippen molar-refractivity contribution in [1.29, 1.82) is 0 Å². The molecule has 0 aromatic heterocycles. The zero-order chi connectivity index (χ0) is 81.7. The first-order valence-electron chi connectivity index (χ1n) is 42.3. The van der Waals surface area contributed by atoms with E-state index in [-0.39, 0.29) is 25.7 Å². The monoisotopic (exact) mass is 1600 g/mol. The van der Waals surface area contributed by atoms with Gasteiger partial charge in [0.05, 0.1) is 26.4 Å². The summed E-state index contributed by atoms with van der Waals surface area (Å²) in [7, 11) is -10.0. The highest BCUT2D eigenvalue weighted by atomic mass is 31.2. The fourth-order valence-electron chi connectivity index (χ4n) is 10.5. The molecule has 0 fully saturated rings. The Kier molecular flexibility index (Phi) is 77.9. The molecule has 112 heavy (non-hydrogen) atoms. The lowest BCUT2D eigenvalue weighted by Gasteiger charge is -2.21. The average molecular weight is 1600 g/mol. The van der Waals surface area contributed by atoms with Crippen molar-refractivity contribution in [2.45, 2.75) is 316 Å². The number of rotatable bonds is 77. The molecule has 632 valence electrons. The molecule has 0 aromatic carbocycles. The summed E-state index contributed by atoms with van der Waals surface area (Å²) < 4.78 is 68.7. The number of aliphatic hydroxyl groups is 1. The third kappa shape index (κ3) is 81.6. The zero-order valence-electron chi connectivity index (χ0n) is 69.3. The van der Waals surface area contributed by atoms with E-state index >= 15 is 0 Å². The first-order valence-corrected chi connectivity index (χ1v) is 45.3. The smallest absolute Gasteiger partial charge is 0.462 e. The van der Waals surface area contributed by atoms with Crippen molar-refractivity contribution in [2.24, 2.45) is 0 Å². The number of phosphoric acid groups is 2. The number of esters is 4. The van der Waals surface area contributed by atoms with Gasteiger partial charge in [0.1, 0.15) is 19.3 Å². The highest BCUT2D eigenvalue weighted by Crippen LogP contribution is 2.45. The summed E-state index contributed by atoms with van der Waals surface area (Å²) in [5.74, 6) is -2.30. The Morgan fingerprint density at radius 2 is 0.438 bits per heavy atom. The number of phosphoric ester groups is 2. The van der Waals surface area contributed by atoms with Crippen LogP contribution < -0.4 is 0 Å².